The average Bonchev–Trinajstić information content (AvgIpc) is 3.05. The molecule has 1 aliphatic rings. The molecule has 26 heavy (non-hydrogen) atoms. The molecule has 2 atom stereocenters. The van der Waals surface area contributed by atoms with Gasteiger partial charge >= 0.3 is 0 Å². The van der Waals surface area contributed by atoms with Gasteiger partial charge in [-0.15, -0.1) is 0 Å². The number of hydrazone groups is 1. The first kappa shape index (κ1) is 17.5. The summed E-state index contributed by atoms with van der Waals surface area (Å²) < 4.78 is 5.01. The Hall–Kier alpha value is -3.35. The Bertz CT molecular complexity index is 836. The van der Waals surface area contributed by atoms with Crippen molar-refractivity contribution >= 4 is 18.0 Å². The maximum Gasteiger partial charge on any atom is 0.253 e. The fraction of sp³-hybridized carbons (Fsp3) is 0.211. The minimum absolute atomic E-state index is 0.0249. The summed E-state index contributed by atoms with van der Waals surface area (Å²) >= 11 is 0. The molecule has 1 saturated heterocycles. The minimum Gasteiger partial charge on any atom is -0.507 e. The molecular weight excluding hydrogens is 334 g/mol. The molecule has 0 radical (unpaired) electrons. The van der Waals surface area contributed by atoms with Crippen LogP contribution in [0.1, 0.15) is 17.0 Å². The highest BCUT2D eigenvalue weighted by molar-refractivity contribution is 6.03. The summed E-state index contributed by atoms with van der Waals surface area (Å²) in [6.45, 7) is 0.407. The Labute approximate surface area is 150 Å². The largest absolute Gasteiger partial charge is 0.507 e. The normalized spacial score (nSPS) is 19.3. The number of benzene rings is 2. The number of carbonyl (C=O) groups is 2. The molecular formula is C19H19N3O4. The van der Waals surface area contributed by atoms with E-state index in [1.165, 1.54) is 19.4 Å². The summed E-state index contributed by atoms with van der Waals surface area (Å²) in [5, 5.41) is 16.5. The van der Waals surface area contributed by atoms with Crippen LogP contribution < -0.4 is 15.5 Å². The van der Waals surface area contributed by atoms with Gasteiger partial charge in [-0.05, 0) is 17.7 Å². The molecule has 0 spiro atoms. The number of amides is 2. The predicted octanol–water partition coefficient (Wildman–Crippen LogP) is 1.38. The maximum absolute atomic E-state index is 12.4. The van der Waals surface area contributed by atoms with Gasteiger partial charge in [0.2, 0.25) is 5.91 Å². The van der Waals surface area contributed by atoms with Crippen LogP contribution in [0, 0.1) is 5.92 Å². The maximum atomic E-state index is 12.4. The van der Waals surface area contributed by atoms with E-state index in [9.17, 15) is 14.7 Å². The first-order valence-electron chi connectivity index (χ1n) is 8.12. The Kier molecular flexibility index (Phi) is 5.17. The van der Waals surface area contributed by atoms with Crippen LogP contribution in [0.4, 0.5) is 0 Å². The van der Waals surface area contributed by atoms with Gasteiger partial charge < -0.3 is 15.2 Å². The highest BCUT2D eigenvalue weighted by Crippen LogP contribution is 2.29. The Morgan fingerprint density at radius 2 is 2.08 bits per heavy atom. The third-order valence-corrected chi connectivity index (χ3v) is 4.31. The monoisotopic (exact) mass is 353 g/mol. The summed E-state index contributed by atoms with van der Waals surface area (Å²) in [6, 6.07) is 14.1. The third-order valence-electron chi connectivity index (χ3n) is 4.31. The lowest BCUT2D eigenvalue weighted by Crippen LogP contribution is -2.34. The van der Waals surface area contributed by atoms with E-state index in [4.69, 9.17) is 4.74 Å². The minimum atomic E-state index is -0.848. The average molecular weight is 353 g/mol. The van der Waals surface area contributed by atoms with Crippen molar-refractivity contribution in [2.24, 2.45) is 11.0 Å². The smallest absolute Gasteiger partial charge is 0.253 e. The zero-order chi connectivity index (χ0) is 18.5. The van der Waals surface area contributed by atoms with Crippen LogP contribution >= 0.6 is 0 Å². The van der Waals surface area contributed by atoms with Crippen molar-refractivity contribution in [2.75, 3.05) is 13.7 Å². The topological polar surface area (TPSA) is 100 Å². The highest BCUT2D eigenvalue weighted by Gasteiger charge is 2.40. The molecule has 2 aromatic carbocycles. The summed E-state index contributed by atoms with van der Waals surface area (Å²) in [4.78, 5) is 24.5. The van der Waals surface area contributed by atoms with Crippen LogP contribution in [0.2, 0.25) is 0 Å². The van der Waals surface area contributed by atoms with Gasteiger partial charge in [-0.2, -0.15) is 5.10 Å². The summed E-state index contributed by atoms with van der Waals surface area (Å²) in [6.07, 6.45) is 1.32. The molecule has 2 unspecified atom stereocenters. The van der Waals surface area contributed by atoms with Crippen LogP contribution in [0.15, 0.2) is 53.6 Å². The van der Waals surface area contributed by atoms with Gasteiger partial charge in [0.05, 0.1) is 13.3 Å². The van der Waals surface area contributed by atoms with Gasteiger partial charge in [0.15, 0.2) is 0 Å². The molecule has 1 fully saturated rings. The lowest BCUT2D eigenvalue weighted by molar-refractivity contribution is -0.133. The van der Waals surface area contributed by atoms with E-state index in [0.717, 1.165) is 5.56 Å². The lowest BCUT2D eigenvalue weighted by atomic mass is 9.88. The van der Waals surface area contributed by atoms with E-state index in [-0.39, 0.29) is 17.6 Å². The second-order valence-electron chi connectivity index (χ2n) is 5.90. The van der Waals surface area contributed by atoms with E-state index in [0.29, 0.717) is 17.9 Å². The highest BCUT2D eigenvalue weighted by atomic mass is 16.5. The van der Waals surface area contributed by atoms with Gasteiger partial charge in [0.1, 0.15) is 17.4 Å². The van der Waals surface area contributed by atoms with Crippen molar-refractivity contribution in [3.63, 3.8) is 0 Å². The van der Waals surface area contributed by atoms with Crippen molar-refractivity contribution in [3.8, 4) is 11.5 Å². The van der Waals surface area contributed by atoms with Crippen molar-refractivity contribution in [1.29, 1.82) is 0 Å². The Morgan fingerprint density at radius 3 is 2.77 bits per heavy atom. The molecule has 1 heterocycles. The fourth-order valence-corrected chi connectivity index (χ4v) is 2.93. The quantitative estimate of drug-likeness (QED) is 0.429. The number of hydrogen-bond donors (Lipinski definition) is 3. The van der Waals surface area contributed by atoms with Crippen molar-refractivity contribution in [3.05, 3.63) is 59.7 Å². The zero-order valence-electron chi connectivity index (χ0n) is 14.2. The SMILES string of the molecule is COc1ccc(/C=N/NC(=O)C2C(=O)NCC2c2ccccc2)c(O)c1. The van der Waals surface area contributed by atoms with Crippen LogP contribution in [0.5, 0.6) is 11.5 Å². The molecule has 3 N–H and O–H groups in total. The number of phenolic OH excluding ortho intramolecular Hbond substituents is 1. The third kappa shape index (κ3) is 3.66. The number of hydrogen-bond acceptors (Lipinski definition) is 5. The van der Waals surface area contributed by atoms with E-state index in [1.807, 2.05) is 30.3 Å². The van der Waals surface area contributed by atoms with Gasteiger partial charge in [-0.1, -0.05) is 30.3 Å². The number of nitrogens with zero attached hydrogens (tertiary/aromatic N) is 1. The number of rotatable bonds is 5. The van der Waals surface area contributed by atoms with Crippen LogP contribution in [0.3, 0.4) is 0 Å². The van der Waals surface area contributed by atoms with E-state index >= 15 is 0 Å². The van der Waals surface area contributed by atoms with E-state index in [2.05, 4.69) is 15.8 Å². The van der Waals surface area contributed by atoms with Crippen molar-refractivity contribution in [1.82, 2.24) is 10.7 Å². The molecule has 0 bridgehead atoms. The number of phenols is 1. The van der Waals surface area contributed by atoms with E-state index < -0.39 is 11.8 Å². The molecule has 134 valence electrons. The number of carbonyl (C=O) groups excluding carboxylic acids is 2. The number of nitrogens with one attached hydrogen (secondary N) is 2. The zero-order valence-corrected chi connectivity index (χ0v) is 14.2. The van der Waals surface area contributed by atoms with Gasteiger partial charge in [0.25, 0.3) is 5.91 Å². The molecule has 2 aromatic rings. The van der Waals surface area contributed by atoms with Crippen LogP contribution in [0.25, 0.3) is 0 Å². The van der Waals surface area contributed by atoms with Crippen molar-refractivity contribution in [2.45, 2.75) is 5.92 Å². The number of aromatic hydroxyl groups is 1. The second kappa shape index (κ2) is 7.69. The molecule has 3 rings (SSSR count). The Balaban J connectivity index is 1.69. The first-order valence-corrected chi connectivity index (χ1v) is 8.12. The Morgan fingerprint density at radius 1 is 1.31 bits per heavy atom. The fourth-order valence-electron chi connectivity index (χ4n) is 2.93. The second-order valence-corrected chi connectivity index (χ2v) is 5.90. The number of ether oxygens (including phenoxy) is 1. The molecule has 0 aromatic heterocycles. The molecule has 2 amide bonds. The summed E-state index contributed by atoms with van der Waals surface area (Å²) in [7, 11) is 1.50. The summed E-state index contributed by atoms with van der Waals surface area (Å²) in [5.41, 5.74) is 3.72. The first-order chi connectivity index (χ1) is 12.6. The van der Waals surface area contributed by atoms with Crippen molar-refractivity contribution < 1.29 is 19.4 Å². The predicted molar refractivity (Wildman–Crippen MR) is 96.1 cm³/mol. The molecule has 1 aliphatic heterocycles. The summed E-state index contributed by atoms with van der Waals surface area (Å²) in [5.74, 6) is -1.41. The van der Waals surface area contributed by atoms with Gasteiger partial charge in [-0.3, -0.25) is 9.59 Å². The molecule has 7 nitrogen and oxygen atoms in total. The van der Waals surface area contributed by atoms with E-state index in [1.54, 1.807) is 12.1 Å². The lowest BCUT2D eigenvalue weighted by Gasteiger charge is -2.15. The van der Waals surface area contributed by atoms with Crippen LogP contribution in [-0.2, 0) is 9.59 Å². The van der Waals surface area contributed by atoms with Crippen LogP contribution in [-0.4, -0.2) is 36.8 Å². The van der Waals surface area contributed by atoms with Gasteiger partial charge in [0, 0.05) is 24.1 Å². The van der Waals surface area contributed by atoms with Gasteiger partial charge in [-0.25, -0.2) is 5.43 Å². The molecule has 0 saturated carbocycles. The molecule has 7 heteroatoms. The standard InChI is InChI=1S/C19H19N3O4/c1-26-14-8-7-13(16(23)9-14)10-21-22-19(25)17-15(11-20-18(17)24)12-5-3-2-4-6-12/h2-10,15,17,23H,11H2,1H3,(H,20,24)(H,22,25)/b21-10+. The molecule has 0 aliphatic carbocycles. The number of methoxy groups -OCH3 is 1.